The molecule has 138 valence electrons. The second kappa shape index (κ2) is 9.07. The van der Waals surface area contributed by atoms with Gasteiger partial charge in [0.1, 0.15) is 11.6 Å². The Labute approximate surface area is 150 Å². The van der Waals surface area contributed by atoms with Gasteiger partial charge in [0.15, 0.2) is 0 Å². The molecule has 0 saturated heterocycles. The van der Waals surface area contributed by atoms with Crippen LogP contribution in [0.3, 0.4) is 0 Å². The van der Waals surface area contributed by atoms with Gasteiger partial charge in [0.25, 0.3) is 0 Å². The minimum Gasteiger partial charge on any atom is -0.216 e. The van der Waals surface area contributed by atoms with Gasteiger partial charge < -0.3 is 0 Å². The zero-order chi connectivity index (χ0) is 19.3. The van der Waals surface area contributed by atoms with Crippen molar-refractivity contribution in [1.29, 1.82) is 0 Å². The van der Waals surface area contributed by atoms with Crippen molar-refractivity contribution in [3.63, 3.8) is 0 Å². The molecular weight excluding hydrogens is 321 g/mol. The molecule has 0 fully saturated rings. The first-order chi connectivity index (χ1) is 11.6. The Morgan fingerprint density at radius 1 is 0.960 bits per heavy atom. The van der Waals surface area contributed by atoms with Crippen molar-refractivity contribution in [3.05, 3.63) is 69.6 Å². The largest absolute Gasteiger partial charge is 0.216 e. The van der Waals surface area contributed by atoms with Crippen LogP contribution in [-0.2, 0) is 6.42 Å². The molecule has 0 aliphatic heterocycles. The van der Waals surface area contributed by atoms with Crippen LogP contribution >= 0.6 is 0 Å². The fourth-order valence-corrected chi connectivity index (χ4v) is 3.21. The lowest BCUT2D eigenvalue weighted by Gasteiger charge is -2.23. The predicted octanol–water partition coefficient (Wildman–Crippen LogP) is 7.51. The van der Waals surface area contributed by atoms with Gasteiger partial charge in [-0.3, -0.25) is 0 Å². The first-order valence-electron chi connectivity index (χ1n) is 8.74. The topological polar surface area (TPSA) is 0 Å². The second-order valence-corrected chi connectivity index (χ2v) is 7.11. The Morgan fingerprint density at radius 3 is 2.00 bits per heavy atom. The van der Waals surface area contributed by atoms with Crippen molar-refractivity contribution in [2.45, 2.75) is 66.7 Å². The molecule has 0 unspecified atom stereocenters. The number of hydrogen-bond donors (Lipinski definition) is 0. The van der Waals surface area contributed by atoms with Crippen molar-refractivity contribution >= 4 is 0 Å². The van der Waals surface area contributed by atoms with Crippen molar-refractivity contribution in [1.82, 2.24) is 0 Å². The van der Waals surface area contributed by atoms with E-state index in [0.29, 0.717) is 18.3 Å². The van der Waals surface area contributed by atoms with E-state index in [1.54, 1.807) is 6.08 Å². The third-order valence-corrected chi connectivity index (χ3v) is 4.65. The fraction of sp³-hybridized carbons (Fsp3) is 0.455. The minimum atomic E-state index is -0.492. The summed E-state index contributed by atoms with van der Waals surface area (Å²) in [6, 6.07) is 0. The molecule has 25 heavy (non-hydrogen) atoms. The summed E-state index contributed by atoms with van der Waals surface area (Å²) in [7, 11) is 0. The molecule has 0 aromatic heterocycles. The molecule has 0 aliphatic rings. The maximum absolute atomic E-state index is 15.1. The predicted molar refractivity (Wildman–Crippen MR) is 101 cm³/mol. The Bertz CT molecular complexity index is 705. The molecule has 1 aromatic rings. The summed E-state index contributed by atoms with van der Waals surface area (Å²) in [5, 5.41) is 0. The van der Waals surface area contributed by atoms with E-state index in [-0.39, 0.29) is 23.2 Å². The molecule has 0 amide bonds. The Hall–Kier alpha value is -1.77. The van der Waals surface area contributed by atoms with Gasteiger partial charge in [0.05, 0.1) is 6.33 Å². The lowest BCUT2D eigenvalue weighted by Crippen LogP contribution is -2.10. The molecule has 0 N–H and O–H groups in total. The van der Waals surface area contributed by atoms with E-state index < -0.39 is 5.83 Å². The van der Waals surface area contributed by atoms with Gasteiger partial charge in [-0.2, -0.15) is 0 Å². The van der Waals surface area contributed by atoms with E-state index in [2.05, 4.69) is 0 Å². The van der Waals surface area contributed by atoms with E-state index in [0.717, 1.165) is 28.3 Å². The van der Waals surface area contributed by atoms with E-state index in [4.69, 9.17) is 0 Å². The van der Waals surface area contributed by atoms with Gasteiger partial charge in [-0.15, -0.1) is 0 Å². The molecule has 1 rings (SSSR count). The van der Waals surface area contributed by atoms with Gasteiger partial charge in [-0.05, 0) is 84.6 Å². The number of halogens is 3. The molecular formula is C22H29F3. The van der Waals surface area contributed by atoms with Gasteiger partial charge in [0, 0.05) is 0 Å². The van der Waals surface area contributed by atoms with Crippen molar-refractivity contribution in [2.24, 2.45) is 0 Å². The van der Waals surface area contributed by atoms with Crippen LogP contribution in [0.2, 0.25) is 0 Å². The standard InChI is InChI=1S/C22H29F3/c1-13(2)20-17(7)16(6)18(21(14(3)4)22(20)25)9-8-10-19(24)15(5)11-12-23/h8,10-14H,9H2,1-7H3/b10-8-,12-11+,19-15+. The van der Waals surface area contributed by atoms with Crippen LogP contribution < -0.4 is 0 Å². The van der Waals surface area contributed by atoms with Crippen molar-refractivity contribution in [2.75, 3.05) is 0 Å². The summed E-state index contributed by atoms with van der Waals surface area (Å²) in [6.07, 6.45) is 4.82. The maximum Gasteiger partial charge on any atom is 0.130 e. The minimum absolute atomic E-state index is 0.0387. The molecule has 0 spiro atoms. The third kappa shape index (κ3) is 4.87. The molecule has 0 atom stereocenters. The molecule has 0 heterocycles. The number of rotatable bonds is 6. The monoisotopic (exact) mass is 350 g/mol. The Balaban J connectivity index is 3.39. The summed E-state index contributed by atoms with van der Waals surface area (Å²) in [5.74, 6) is -0.481. The molecule has 0 bridgehead atoms. The number of allylic oxidation sites excluding steroid dienone is 5. The van der Waals surface area contributed by atoms with Gasteiger partial charge in [0.2, 0.25) is 0 Å². The maximum atomic E-state index is 15.1. The highest BCUT2D eigenvalue weighted by atomic mass is 19.1. The molecule has 3 heteroatoms. The lowest BCUT2D eigenvalue weighted by atomic mass is 9.83. The number of hydrogen-bond acceptors (Lipinski definition) is 0. The summed E-state index contributed by atoms with van der Waals surface area (Å²) in [5.41, 5.74) is 4.63. The smallest absolute Gasteiger partial charge is 0.130 e. The SMILES string of the molecule is CC(/C=C/F)=C(F)/C=C\Cc1c(C)c(C)c(C(C)C)c(F)c1C(C)C. The van der Waals surface area contributed by atoms with Crippen LogP contribution in [0.25, 0.3) is 0 Å². The molecule has 0 saturated carbocycles. The Kier molecular flexibility index (Phi) is 7.72. The third-order valence-electron chi connectivity index (χ3n) is 4.65. The van der Waals surface area contributed by atoms with Gasteiger partial charge >= 0.3 is 0 Å². The van der Waals surface area contributed by atoms with E-state index >= 15 is 4.39 Å². The zero-order valence-corrected chi connectivity index (χ0v) is 16.3. The van der Waals surface area contributed by atoms with E-state index in [9.17, 15) is 8.78 Å². The second-order valence-electron chi connectivity index (χ2n) is 7.11. The van der Waals surface area contributed by atoms with Crippen LogP contribution in [0, 0.1) is 19.7 Å². The van der Waals surface area contributed by atoms with Gasteiger partial charge in [-0.1, -0.05) is 33.8 Å². The van der Waals surface area contributed by atoms with Crippen LogP contribution in [0.4, 0.5) is 13.2 Å². The first kappa shape index (κ1) is 21.3. The van der Waals surface area contributed by atoms with Crippen LogP contribution in [-0.4, -0.2) is 0 Å². The summed E-state index contributed by atoms with van der Waals surface area (Å²) < 4.78 is 41.1. The quantitative estimate of drug-likeness (QED) is 0.466. The highest BCUT2D eigenvalue weighted by Gasteiger charge is 2.22. The lowest BCUT2D eigenvalue weighted by molar-refractivity contribution is 0.565. The van der Waals surface area contributed by atoms with Crippen LogP contribution in [0.15, 0.2) is 36.0 Å². The normalized spacial score (nSPS) is 13.6. The van der Waals surface area contributed by atoms with Crippen LogP contribution in [0.5, 0.6) is 0 Å². The average Bonchev–Trinajstić information content (AvgIpc) is 2.51. The van der Waals surface area contributed by atoms with E-state index in [1.165, 1.54) is 13.0 Å². The zero-order valence-electron chi connectivity index (χ0n) is 16.3. The highest BCUT2D eigenvalue weighted by Crippen LogP contribution is 2.35. The molecule has 0 radical (unpaired) electrons. The molecule has 1 aromatic carbocycles. The van der Waals surface area contributed by atoms with Crippen molar-refractivity contribution in [3.8, 4) is 0 Å². The summed E-state index contributed by atoms with van der Waals surface area (Å²) >= 11 is 0. The first-order valence-corrected chi connectivity index (χ1v) is 8.74. The fourth-order valence-electron chi connectivity index (χ4n) is 3.21. The van der Waals surface area contributed by atoms with E-state index in [1.807, 2.05) is 41.5 Å². The highest BCUT2D eigenvalue weighted by molar-refractivity contribution is 5.49. The molecule has 0 aliphatic carbocycles. The average molecular weight is 350 g/mol. The number of benzene rings is 1. The van der Waals surface area contributed by atoms with Gasteiger partial charge in [-0.25, -0.2) is 13.2 Å². The summed E-state index contributed by atoms with van der Waals surface area (Å²) in [6.45, 7) is 13.4. The molecule has 0 nitrogen and oxygen atoms in total. The Morgan fingerprint density at radius 2 is 1.52 bits per heavy atom. The van der Waals surface area contributed by atoms with Crippen molar-refractivity contribution < 1.29 is 13.2 Å². The van der Waals surface area contributed by atoms with Crippen LogP contribution in [0.1, 0.15) is 74.3 Å². The summed E-state index contributed by atoms with van der Waals surface area (Å²) in [4.78, 5) is 0.